The van der Waals surface area contributed by atoms with E-state index in [0.717, 1.165) is 22.4 Å². The number of hydrogen-bond donors (Lipinski definition) is 1. The summed E-state index contributed by atoms with van der Waals surface area (Å²) in [5.41, 5.74) is 3.19. The van der Waals surface area contributed by atoms with E-state index in [1.54, 1.807) is 18.2 Å². The van der Waals surface area contributed by atoms with Crippen LogP contribution in [0.3, 0.4) is 0 Å². The molecule has 5 heteroatoms. The quantitative estimate of drug-likeness (QED) is 0.592. The van der Waals surface area contributed by atoms with Gasteiger partial charge in [-0.1, -0.05) is 54.6 Å². The Balaban J connectivity index is 1.94. The first-order chi connectivity index (χ1) is 12.9. The summed E-state index contributed by atoms with van der Waals surface area (Å²) in [6.45, 7) is 5.72. The van der Waals surface area contributed by atoms with Crippen LogP contribution in [0.15, 0.2) is 78.2 Å². The van der Waals surface area contributed by atoms with Gasteiger partial charge in [0.15, 0.2) is 0 Å². The maximum absolute atomic E-state index is 11.7. The highest BCUT2D eigenvalue weighted by Gasteiger charge is 2.16. The van der Waals surface area contributed by atoms with Gasteiger partial charge < -0.3 is 4.74 Å². The van der Waals surface area contributed by atoms with Crippen molar-refractivity contribution in [3.05, 3.63) is 95.6 Å². The lowest BCUT2D eigenvalue weighted by molar-refractivity contribution is 0.481. The number of para-hydroxylation sites is 1. The Labute approximate surface area is 159 Å². The van der Waals surface area contributed by atoms with E-state index in [1.807, 2.05) is 55.5 Å². The monoisotopic (exact) mass is 380 g/mol. The maximum Gasteiger partial charge on any atom is 0.294 e. The van der Waals surface area contributed by atoms with E-state index >= 15 is 0 Å². The molecular weight excluding hydrogens is 360 g/mol. The lowest BCUT2D eigenvalue weighted by atomic mass is 9.98. The fourth-order valence-corrected chi connectivity index (χ4v) is 3.62. The first-order valence-electron chi connectivity index (χ1n) is 8.42. The summed E-state index contributed by atoms with van der Waals surface area (Å²) < 4.78 is 38.7. The zero-order valence-electron chi connectivity index (χ0n) is 14.9. The maximum atomic E-state index is 11.7. The van der Waals surface area contributed by atoms with Gasteiger partial charge in [0, 0.05) is 0 Å². The molecule has 4 nitrogen and oxygen atoms in total. The Bertz CT molecular complexity index is 1070. The van der Waals surface area contributed by atoms with Crippen LogP contribution in [0.1, 0.15) is 22.3 Å². The second-order valence-corrected chi connectivity index (χ2v) is 7.63. The number of rotatable bonds is 6. The molecule has 3 aromatic carbocycles. The van der Waals surface area contributed by atoms with E-state index in [-0.39, 0.29) is 4.90 Å². The average molecular weight is 380 g/mol. The predicted octanol–water partition coefficient (Wildman–Crippen LogP) is 5.27. The summed E-state index contributed by atoms with van der Waals surface area (Å²) in [5.74, 6) is 1.40. The van der Waals surface area contributed by atoms with Crippen LogP contribution >= 0.6 is 0 Å². The molecular formula is C22H20O4S. The van der Waals surface area contributed by atoms with E-state index in [1.165, 1.54) is 6.07 Å². The minimum atomic E-state index is -4.29. The average Bonchev–Trinajstić information content (AvgIpc) is 2.63. The number of hydrogen-bond acceptors (Lipinski definition) is 3. The predicted molar refractivity (Wildman–Crippen MR) is 107 cm³/mol. The molecule has 0 atom stereocenters. The molecule has 0 amide bonds. The van der Waals surface area contributed by atoms with Crippen LogP contribution in [0, 0.1) is 6.92 Å². The van der Waals surface area contributed by atoms with E-state index in [4.69, 9.17) is 4.74 Å². The molecule has 0 aliphatic rings. The van der Waals surface area contributed by atoms with Crippen molar-refractivity contribution in [1.82, 2.24) is 0 Å². The normalized spacial score (nSPS) is 11.2. The van der Waals surface area contributed by atoms with E-state index in [2.05, 4.69) is 6.58 Å². The molecule has 0 aliphatic heterocycles. The molecule has 0 fully saturated rings. The lowest BCUT2D eigenvalue weighted by Crippen LogP contribution is -2.05. The van der Waals surface area contributed by atoms with Crippen molar-refractivity contribution in [1.29, 1.82) is 0 Å². The number of ether oxygens (including phenoxy) is 1. The zero-order chi connectivity index (χ0) is 19.4. The summed E-state index contributed by atoms with van der Waals surface area (Å²) in [5, 5.41) is 0. The van der Waals surface area contributed by atoms with Crippen LogP contribution in [0.25, 0.3) is 6.08 Å². The Morgan fingerprint density at radius 1 is 0.963 bits per heavy atom. The molecule has 0 saturated carbocycles. The van der Waals surface area contributed by atoms with Gasteiger partial charge in [0.25, 0.3) is 10.1 Å². The van der Waals surface area contributed by atoms with Crippen molar-refractivity contribution in [2.24, 2.45) is 0 Å². The molecule has 138 valence electrons. The molecule has 0 saturated heterocycles. The Hall–Kier alpha value is -2.89. The van der Waals surface area contributed by atoms with Crippen LogP contribution in [-0.2, 0) is 16.5 Å². The third-order valence-electron chi connectivity index (χ3n) is 4.19. The van der Waals surface area contributed by atoms with Crippen LogP contribution in [0.5, 0.6) is 11.5 Å². The zero-order valence-corrected chi connectivity index (χ0v) is 15.7. The van der Waals surface area contributed by atoms with Gasteiger partial charge in [0.05, 0.1) is 4.90 Å². The van der Waals surface area contributed by atoms with Gasteiger partial charge in [-0.2, -0.15) is 8.42 Å². The van der Waals surface area contributed by atoms with Crippen LogP contribution in [0.4, 0.5) is 0 Å². The first-order valence-corrected chi connectivity index (χ1v) is 9.86. The molecule has 0 bridgehead atoms. The summed E-state index contributed by atoms with van der Waals surface area (Å²) in [6.07, 6.45) is 2.06. The summed E-state index contributed by atoms with van der Waals surface area (Å²) in [6, 6.07) is 19.9. The third-order valence-corrected chi connectivity index (χ3v) is 5.15. The van der Waals surface area contributed by atoms with Crippen molar-refractivity contribution in [3.8, 4) is 11.5 Å². The summed E-state index contributed by atoms with van der Waals surface area (Å²) in [7, 11) is -4.29. The molecule has 3 rings (SSSR count). The summed E-state index contributed by atoms with van der Waals surface area (Å²) >= 11 is 0. The largest absolute Gasteiger partial charge is 0.457 e. The lowest BCUT2D eigenvalue weighted by Gasteiger charge is -2.13. The van der Waals surface area contributed by atoms with Crippen molar-refractivity contribution in [2.45, 2.75) is 18.2 Å². The van der Waals surface area contributed by atoms with Gasteiger partial charge in [0.2, 0.25) is 0 Å². The Kier molecular flexibility index (Phi) is 5.44. The number of aryl methyl sites for hydroxylation is 1. The van der Waals surface area contributed by atoms with Gasteiger partial charge in [-0.05, 0) is 60.4 Å². The van der Waals surface area contributed by atoms with Gasteiger partial charge in [-0.3, -0.25) is 4.55 Å². The van der Waals surface area contributed by atoms with Gasteiger partial charge in [-0.25, -0.2) is 0 Å². The van der Waals surface area contributed by atoms with Crippen LogP contribution in [-0.4, -0.2) is 13.0 Å². The SMILES string of the molecule is C=Cc1cc(Oc2ccccc2)ccc1Cc1cc(C)ccc1S(=O)(=O)O. The molecule has 0 aliphatic carbocycles. The van der Waals surface area contributed by atoms with Crippen molar-refractivity contribution >= 4 is 16.2 Å². The Morgan fingerprint density at radius 2 is 1.70 bits per heavy atom. The van der Waals surface area contributed by atoms with E-state index in [0.29, 0.717) is 17.7 Å². The van der Waals surface area contributed by atoms with Crippen LogP contribution in [0.2, 0.25) is 0 Å². The summed E-state index contributed by atoms with van der Waals surface area (Å²) in [4.78, 5) is -0.0762. The highest BCUT2D eigenvalue weighted by atomic mass is 32.2. The number of benzene rings is 3. The van der Waals surface area contributed by atoms with Gasteiger partial charge in [-0.15, -0.1) is 0 Å². The van der Waals surface area contributed by atoms with Gasteiger partial charge >= 0.3 is 0 Å². The fourth-order valence-electron chi connectivity index (χ4n) is 2.92. The molecule has 0 spiro atoms. The highest BCUT2D eigenvalue weighted by molar-refractivity contribution is 7.85. The Morgan fingerprint density at radius 3 is 2.37 bits per heavy atom. The smallest absolute Gasteiger partial charge is 0.294 e. The van der Waals surface area contributed by atoms with Crippen molar-refractivity contribution < 1.29 is 17.7 Å². The minimum absolute atomic E-state index is 0.0762. The van der Waals surface area contributed by atoms with Crippen molar-refractivity contribution in [3.63, 3.8) is 0 Å². The molecule has 27 heavy (non-hydrogen) atoms. The highest BCUT2D eigenvalue weighted by Crippen LogP contribution is 2.28. The fraction of sp³-hybridized carbons (Fsp3) is 0.0909. The standard InChI is InChI=1S/C22H20O4S/c1-3-17-15-21(26-20-7-5-4-6-8-20)11-10-18(17)14-19-13-16(2)9-12-22(19)27(23,24)25/h3-13,15H,1,14H2,2H3,(H,23,24,25). The van der Waals surface area contributed by atoms with Crippen LogP contribution < -0.4 is 4.74 Å². The molecule has 0 heterocycles. The third kappa shape index (κ3) is 4.64. The topological polar surface area (TPSA) is 63.6 Å². The molecule has 0 unspecified atom stereocenters. The second-order valence-electron chi connectivity index (χ2n) is 6.24. The van der Waals surface area contributed by atoms with Crippen molar-refractivity contribution in [2.75, 3.05) is 0 Å². The van der Waals surface area contributed by atoms with E-state index in [9.17, 15) is 13.0 Å². The van der Waals surface area contributed by atoms with E-state index < -0.39 is 10.1 Å². The molecule has 0 radical (unpaired) electrons. The molecule has 3 aromatic rings. The molecule has 1 N–H and O–H groups in total. The minimum Gasteiger partial charge on any atom is -0.457 e. The first kappa shape index (κ1) is 18.9. The van der Waals surface area contributed by atoms with Gasteiger partial charge in [0.1, 0.15) is 11.5 Å². The molecule has 0 aromatic heterocycles. The second kappa shape index (κ2) is 7.78.